The zero-order chi connectivity index (χ0) is 26.6. The number of nitrogens with zero attached hydrogens (tertiary/aromatic N) is 4. The Morgan fingerprint density at radius 2 is 1.18 bits per heavy atom. The van der Waals surface area contributed by atoms with Crippen LogP contribution in [-0.2, 0) is 13.1 Å². The number of benzene rings is 2. The van der Waals surface area contributed by atoms with Gasteiger partial charge in [-0.15, -0.1) is 0 Å². The molecule has 0 spiro atoms. The van der Waals surface area contributed by atoms with Crippen molar-refractivity contribution in [3.63, 3.8) is 0 Å². The highest BCUT2D eigenvalue weighted by molar-refractivity contribution is 7.80. The van der Waals surface area contributed by atoms with Gasteiger partial charge in [-0.3, -0.25) is 9.80 Å². The van der Waals surface area contributed by atoms with Gasteiger partial charge in [0.15, 0.2) is 0 Å². The number of hydrogen-bond donors (Lipinski definition) is 1. The summed E-state index contributed by atoms with van der Waals surface area (Å²) in [4.78, 5) is 11.2. The third-order valence-corrected chi connectivity index (χ3v) is 11.2. The molecular weight excluding hydrogens is 529 g/mol. The van der Waals surface area contributed by atoms with Gasteiger partial charge >= 0.3 is 0 Å². The van der Waals surface area contributed by atoms with Crippen molar-refractivity contribution >= 4 is 32.9 Å². The van der Waals surface area contributed by atoms with Crippen molar-refractivity contribution in [1.82, 2.24) is 19.6 Å². The molecule has 3 heterocycles. The predicted octanol–water partition coefficient (Wildman–Crippen LogP) is 6.16. The number of hydrogen-bond acceptors (Lipinski definition) is 8. The molecule has 5 nitrogen and oxygen atoms in total. The lowest BCUT2D eigenvalue weighted by Gasteiger charge is -2.35. The van der Waals surface area contributed by atoms with Crippen LogP contribution in [-0.4, -0.2) is 90.2 Å². The molecule has 0 atom stereocenters. The zero-order valence-corrected chi connectivity index (χ0v) is 25.4. The van der Waals surface area contributed by atoms with Gasteiger partial charge in [-0.25, -0.2) is 0 Å². The Morgan fingerprint density at radius 1 is 0.711 bits per heavy atom. The Balaban J connectivity index is 1.49. The van der Waals surface area contributed by atoms with Crippen LogP contribution in [0.2, 0.25) is 0 Å². The van der Waals surface area contributed by atoms with Gasteiger partial charge in [0.2, 0.25) is 0 Å². The molecule has 2 saturated heterocycles. The summed E-state index contributed by atoms with van der Waals surface area (Å²) in [6, 6.07) is 13.2. The lowest BCUT2D eigenvalue weighted by Crippen LogP contribution is -2.45. The third kappa shape index (κ3) is 6.39. The highest BCUT2D eigenvalue weighted by atomic mass is 32.9. The van der Waals surface area contributed by atoms with Gasteiger partial charge in [-0.2, -0.15) is 0 Å². The summed E-state index contributed by atoms with van der Waals surface area (Å²) >= 11 is 5.84. The summed E-state index contributed by atoms with van der Waals surface area (Å²) in [5.41, 5.74) is 6.84. The van der Waals surface area contributed by atoms with Gasteiger partial charge in [0.1, 0.15) is 9.57 Å². The van der Waals surface area contributed by atoms with E-state index >= 15 is 0 Å². The van der Waals surface area contributed by atoms with Crippen LogP contribution in [0.3, 0.4) is 0 Å². The van der Waals surface area contributed by atoms with Crippen LogP contribution in [0.25, 0.3) is 21.6 Å². The fraction of sp³-hybridized carbons (Fsp3) is 0.500. The lowest BCUT2D eigenvalue weighted by molar-refractivity contribution is 0.128. The molecule has 2 aliphatic heterocycles. The van der Waals surface area contributed by atoms with Crippen molar-refractivity contribution < 1.29 is 5.11 Å². The average molecular weight is 569 g/mol. The fourth-order valence-corrected chi connectivity index (χ4v) is 8.46. The summed E-state index contributed by atoms with van der Waals surface area (Å²) in [7, 11) is 3.45. The highest BCUT2D eigenvalue weighted by Crippen LogP contribution is 2.43. The molecule has 5 rings (SSSR count). The van der Waals surface area contributed by atoms with Gasteiger partial charge in [0.25, 0.3) is 0 Å². The van der Waals surface area contributed by atoms with Crippen LogP contribution in [0.5, 0.6) is 5.75 Å². The average Bonchev–Trinajstić information content (AvgIpc) is 3.33. The molecule has 0 bridgehead atoms. The molecule has 0 aliphatic carbocycles. The molecule has 1 N–H and O–H groups in total. The Hall–Kier alpha value is -1.65. The van der Waals surface area contributed by atoms with E-state index in [0.717, 1.165) is 99.1 Å². The van der Waals surface area contributed by atoms with Crippen LogP contribution in [0.4, 0.5) is 0 Å². The SMILES string of the molecule is CCN1CCN(Cc2cc(-c3ssc(=S)c3-c3ccc(C)cc3)cc(CN3CCN(CC)CC3)c2O)CC1. The Morgan fingerprint density at radius 3 is 1.66 bits per heavy atom. The van der Waals surface area contributed by atoms with Gasteiger partial charge in [0, 0.05) is 82.1 Å². The molecule has 2 aromatic carbocycles. The number of phenols is 1. The summed E-state index contributed by atoms with van der Waals surface area (Å²) in [5, 5.41) is 11.6. The molecule has 204 valence electrons. The smallest absolute Gasteiger partial charge is 0.124 e. The first-order chi connectivity index (χ1) is 18.4. The molecule has 0 radical (unpaired) electrons. The first-order valence-electron chi connectivity index (χ1n) is 13.9. The van der Waals surface area contributed by atoms with E-state index in [1.54, 1.807) is 20.7 Å². The maximum atomic E-state index is 11.6. The maximum Gasteiger partial charge on any atom is 0.124 e. The zero-order valence-electron chi connectivity index (χ0n) is 22.9. The number of rotatable bonds is 8. The molecule has 1 aromatic heterocycles. The number of aryl methyl sites for hydroxylation is 1. The van der Waals surface area contributed by atoms with E-state index in [9.17, 15) is 5.11 Å². The van der Waals surface area contributed by atoms with Crippen molar-refractivity contribution in [1.29, 1.82) is 0 Å². The second-order valence-electron chi connectivity index (χ2n) is 10.6. The van der Waals surface area contributed by atoms with Crippen molar-refractivity contribution in [3.8, 4) is 27.3 Å². The largest absolute Gasteiger partial charge is 0.507 e. The number of aromatic hydroxyl groups is 1. The van der Waals surface area contributed by atoms with E-state index in [4.69, 9.17) is 12.2 Å². The van der Waals surface area contributed by atoms with Crippen LogP contribution in [0, 0.1) is 10.7 Å². The quantitative estimate of drug-likeness (QED) is 0.259. The van der Waals surface area contributed by atoms with Gasteiger partial charge in [-0.05, 0) is 43.3 Å². The molecule has 2 fully saturated rings. The van der Waals surface area contributed by atoms with Gasteiger partial charge in [0.05, 0.1) is 4.88 Å². The van der Waals surface area contributed by atoms with E-state index in [1.807, 2.05) is 0 Å². The topological polar surface area (TPSA) is 33.2 Å². The van der Waals surface area contributed by atoms with E-state index < -0.39 is 0 Å². The van der Waals surface area contributed by atoms with Crippen molar-refractivity contribution in [3.05, 3.63) is 56.9 Å². The van der Waals surface area contributed by atoms with Crippen molar-refractivity contribution in [2.75, 3.05) is 65.4 Å². The molecule has 38 heavy (non-hydrogen) atoms. The Labute approximate surface area is 240 Å². The van der Waals surface area contributed by atoms with E-state index in [1.165, 1.54) is 21.6 Å². The maximum absolute atomic E-state index is 11.6. The van der Waals surface area contributed by atoms with Crippen LogP contribution in [0.15, 0.2) is 36.4 Å². The standard InChI is InChI=1S/C30H40N4OS3/c1-4-31-10-14-33(15-11-31)20-25-18-24(19-26(28(25)35)21-34-16-12-32(5-2)13-17-34)29-27(30(36)38-37-29)23-8-6-22(3)7-9-23/h6-9,18-19,35H,4-5,10-17,20-21H2,1-3H3. The molecule has 0 unspecified atom stereocenters. The summed E-state index contributed by atoms with van der Waals surface area (Å²) in [5.74, 6) is 0.473. The second-order valence-corrected chi connectivity index (χ2v) is 13.4. The third-order valence-electron chi connectivity index (χ3n) is 8.11. The van der Waals surface area contributed by atoms with Crippen LogP contribution >= 0.6 is 32.9 Å². The number of likely N-dealkylation sites (N-methyl/N-ethyl adjacent to an activating group) is 2. The Bertz CT molecular complexity index is 1220. The second kappa shape index (κ2) is 12.7. The molecule has 2 aliphatic rings. The lowest BCUT2D eigenvalue weighted by atomic mass is 9.97. The monoisotopic (exact) mass is 568 g/mol. The predicted molar refractivity (Wildman–Crippen MR) is 165 cm³/mol. The molecular formula is C30H40N4OS3. The minimum Gasteiger partial charge on any atom is -0.507 e. The Kier molecular flexibility index (Phi) is 9.31. The van der Waals surface area contributed by atoms with Crippen molar-refractivity contribution in [2.24, 2.45) is 0 Å². The molecule has 0 amide bonds. The summed E-state index contributed by atoms with van der Waals surface area (Å²) < 4.78 is 0.941. The van der Waals surface area contributed by atoms with Crippen molar-refractivity contribution in [2.45, 2.75) is 33.9 Å². The van der Waals surface area contributed by atoms with Gasteiger partial charge < -0.3 is 14.9 Å². The number of phenolic OH excluding ortho intramolecular Hbond substituents is 1. The molecule has 8 heteroatoms. The normalized spacial score (nSPS) is 18.3. The number of piperazine rings is 2. The first kappa shape index (κ1) is 27.9. The summed E-state index contributed by atoms with van der Waals surface area (Å²) in [6.45, 7) is 18.9. The summed E-state index contributed by atoms with van der Waals surface area (Å²) in [6.07, 6.45) is 0. The molecule has 3 aromatic rings. The highest BCUT2D eigenvalue weighted by Gasteiger charge is 2.23. The van der Waals surface area contributed by atoms with Gasteiger partial charge in [-0.1, -0.05) is 76.6 Å². The van der Waals surface area contributed by atoms with E-state index in [-0.39, 0.29) is 0 Å². The van der Waals surface area contributed by atoms with E-state index in [0.29, 0.717) is 5.75 Å². The fourth-order valence-electron chi connectivity index (χ4n) is 5.56. The first-order valence-corrected chi connectivity index (χ1v) is 16.5. The minimum atomic E-state index is 0.473. The molecule has 0 saturated carbocycles. The van der Waals surface area contributed by atoms with E-state index in [2.05, 4.69) is 76.8 Å². The van der Waals surface area contributed by atoms with Crippen LogP contribution in [0.1, 0.15) is 30.5 Å². The minimum absolute atomic E-state index is 0.473. The van der Waals surface area contributed by atoms with Crippen LogP contribution < -0.4 is 0 Å².